The van der Waals surface area contributed by atoms with Crippen LogP contribution in [0.5, 0.6) is 0 Å². The fraction of sp³-hybridized carbons (Fsp3) is 0.154. The number of nitrogens with two attached hydrogens (primary N) is 1. The molecule has 0 bridgehead atoms. The van der Waals surface area contributed by atoms with Crippen molar-refractivity contribution in [2.24, 2.45) is 5.73 Å². The molecule has 0 unspecified atom stereocenters. The van der Waals surface area contributed by atoms with Gasteiger partial charge < -0.3 is 15.3 Å². The largest absolute Gasteiger partial charge is 0.453 e. The second-order valence-electron chi connectivity index (χ2n) is 3.75. The molecule has 0 amide bonds. The molecule has 2 rings (SSSR count). The molecule has 0 saturated carbocycles. The zero-order valence-corrected chi connectivity index (χ0v) is 10.5. The fourth-order valence-corrected chi connectivity index (χ4v) is 1.60. The first-order valence-corrected chi connectivity index (χ1v) is 5.35. The third-order valence-electron chi connectivity index (χ3n) is 2.51. The second kappa shape index (κ2) is 6.23. The van der Waals surface area contributed by atoms with E-state index in [-0.39, 0.29) is 24.8 Å². The molecular weight excluding hydrogens is 252 g/mol. The van der Waals surface area contributed by atoms with Gasteiger partial charge in [-0.15, -0.1) is 12.4 Å². The Labute approximate surface area is 111 Å². The molecule has 0 spiro atoms. The highest BCUT2D eigenvalue weighted by atomic mass is 35.5. The van der Waals surface area contributed by atoms with Crippen LogP contribution in [0.25, 0.3) is 11.3 Å². The van der Waals surface area contributed by atoms with Crippen molar-refractivity contribution in [2.75, 3.05) is 6.61 Å². The minimum absolute atomic E-state index is 0. The third-order valence-corrected chi connectivity index (χ3v) is 2.51. The van der Waals surface area contributed by atoms with Crippen molar-refractivity contribution >= 4 is 18.2 Å². The number of hydrogen-bond acceptors (Lipinski definition) is 3. The van der Waals surface area contributed by atoms with Gasteiger partial charge in [0.25, 0.3) is 0 Å². The number of aliphatic hydroxyl groups is 1. The lowest BCUT2D eigenvalue weighted by Crippen LogP contribution is -2.09. The quantitative estimate of drug-likeness (QED) is 0.586. The summed E-state index contributed by atoms with van der Waals surface area (Å²) in [5.41, 5.74) is 7.34. The van der Waals surface area contributed by atoms with Crippen molar-refractivity contribution in [3.8, 4) is 11.3 Å². The minimum Gasteiger partial charge on any atom is -0.453 e. The molecule has 0 saturated heterocycles. The van der Waals surface area contributed by atoms with E-state index in [0.717, 1.165) is 11.1 Å². The summed E-state index contributed by atoms with van der Waals surface area (Å²) in [5, 5.41) is 16.1. The van der Waals surface area contributed by atoms with Gasteiger partial charge in [0, 0.05) is 12.2 Å². The molecular formula is C13H15ClN2O2. The molecule has 0 aliphatic rings. The van der Waals surface area contributed by atoms with E-state index in [1.165, 1.54) is 0 Å². The summed E-state index contributed by atoms with van der Waals surface area (Å²) in [7, 11) is 0. The number of amidine groups is 1. The van der Waals surface area contributed by atoms with Gasteiger partial charge >= 0.3 is 0 Å². The topological polar surface area (TPSA) is 83.2 Å². The number of hydrogen-bond donors (Lipinski definition) is 3. The first kappa shape index (κ1) is 14.3. The molecule has 4 N–H and O–H groups in total. The zero-order valence-electron chi connectivity index (χ0n) is 9.72. The lowest BCUT2D eigenvalue weighted by Gasteiger charge is -2.00. The highest BCUT2D eigenvalue weighted by Crippen LogP contribution is 2.22. The number of nitrogen functional groups attached to an aromatic ring is 1. The number of nitrogens with one attached hydrogen (secondary N) is 1. The summed E-state index contributed by atoms with van der Waals surface area (Å²) in [6.07, 6.45) is 0.650. The van der Waals surface area contributed by atoms with Crippen LogP contribution in [-0.4, -0.2) is 17.5 Å². The van der Waals surface area contributed by atoms with Crippen LogP contribution in [0.15, 0.2) is 40.8 Å². The van der Waals surface area contributed by atoms with Gasteiger partial charge in [0.15, 0.2) is 11.6 Å². The van der Waals surface area contributed by atoms with E-state index in [1.807, 2.05) is 24.3 Å². The highest BCUT2D eigenvalue weighted by molar-refractivity contribution is 5.92. The maximum absolute atomic E-state index is 8.81. The molecule has 2 aromatic rings. The Hall–Kier alpha value is -1.78. The summed E-state index contributed by atoms with van der Waals surface area (Å²) in [5.74, 6) is 0.985. The van der Waals surface area contributed by atoms with Gasteiger partial charge in [-0.3, -0.25) is 5.41 Å². The molecule has 0 radical (unpaired) electrons. The predicted octanol–water partition coefficient (Wildman–Crippen LogP) is 2.19. The Morgan fingerprint density at radius 1 is 1.17 bits per heavy atom. The average molecular weight is 267 g/mol. The molecule has 0 fully saturated rings. The Morgan fingerprint density at radius 2 is 1.83 bits per heavy atom. The van der Waals surface area contributed by atoms with Crippen molar-refractivity contribution < 1.29 is 9.52 Å². The molecule has 1 aromatic heterocycles. The van der Waals surface area contributed by atoms with Crippen molar-refractivity contribution in [2.45, 2.75) is 6.42 Å². The van der Waals surface area contributed by atoms with Crippen LogP contribution in [0, 0.1) is 5.41 Å². The van der Waals surface area contributed by atoms with Gasteiger partial charge in [-0.2, -0.15) is 0 Å². The zero-order chi connectivity index (χ0) is 12.3. The Bertz CT molecular complexity index is 520. The normalized spacial score (nSPS) is 9.83. The molecule has 1 heterocycles. The highest BCUT2D eigenvalue weighted by Gasteiger charge is 2.06. The smallest absolute Gasteiger partial charge is 0.168 e. The Morgan fingerprint density at radius 3 is 2.33 bits per heavy atom. The summed E-state index contributed by atoms with van der Waals surface area (Å²) in [6.45, 7) is 0.147. The maximum atomic E-state index is 8.81. The number of rotatable bonds is 4. The first-order chi connectivity index (χ1) is 8.20. The average Bonchev–Trinajstić information content (AvgIpc) is 2.80. The van der Waals surface area contributed by atoms with Gasteiger partial charge in [-0.05, 0) is 24.1 Å². The molecule has 0 aliphatic carbocycles. The van der Waals surface area contributed by atoms with Gasteiger partial charge in [-0.25, -0.2) is 0 Å². The molecule has 18 heavy (non-hydrogen) atoms. The van der Waals surface area contributed by atoms with Crippen molar-refractivity contribution in [3.05, 3.63) is 47.7 Å². The number of benzene rings is 1. The lowest BCUT2D eigenvalue weighted by molar-refractivity contribution is 0.299. The van der Waals surface area contributed by atoms with Crippen molar-refractivity contribution in [1.29, 1.82) is 5.41 Å². The van der Waals surface area contributed by atoms with E-state index in [9.17, 15) is 0 Å². The Balaban J connectivity index is 0.00000162. The first-order valence-electron chi connectivity index (χ1n) is 5.35. The van der Waals surface area contributed by atoms with E-state index in [2.05, 4.69) is 0 Å². The van der Waals surface area contributed by atoms with Gasteiger partial charge in [0.05, 0.1) is 0 Å². The predicted molar refractivity (Wildman–Crippen MR) is 73.2 cm³/mol. The molecule has 0 aliphatic heterocycles. The monoisotopic (exact) mass is 266 g/mol. The van der Waals surface area contributed by atoms with Gasteiger partial charge in [0.1, 0.15) is 5.76 Å². The molecule has 0 atom stereocenters. The molecule has 5 heteroatoms. The van der Waals surface area contributed by atoms with E-state index >= 15 is 0 Å². The van der Waals surface area contributed by atoms with Gasteiger partial charge in [0.2, 0.25) is 0 Å². The third kappa shape index (κ3) is 3.12. The van der Waals surface area contributed by atoms with E-state index < -0.39 is 0 Å². The maximum Gasteiger partial charge on any atom is 0.168 e. The van der Waals surface area contributed by atoms with Crippen LogP contribution < -0.4 is 5.73 Å². The summed E-state index contributed by atoms with van der Waals surface area (Å²) < 4.78 is 5.43. The van der Waals surface area contributed by atoms with Crippen LogP contribution in [-0.2, 0) is 6.42 Å². The van der Waals surface area contributed by atoms with Crippen molar-refractivity contribution in [1.82, 2.24) is 0 Å². The van der Waals surface area contributed by atoms with Crippen molar-refractivity contribution in [3.63, 3.8) is 0 Å². The Kier molecular flexibility index (Phi) is 4.95. The van der Waals surface area contributed by atoms with E-state index in [1.54, 1.807) is 12.1 Å². The summed E-state index contributed by atoms with van der Waals surface area (Å²) in [6, 6.07) is 11.2. The minimum atomic E-state index is -0.0758. The van der Waals surface area contributed by atoms with Crippen LogP contribution in [0.4, 0.5) is 0 Å². The molecule has 1 aromatic carbocycles. The SMILES string of the molecule is Cl.N=C(N)c1ccc(-c2ccc(CCO)cc2)o1. The van der Waals surface area contributed by atoms with E-state index in [4.69, 9.17) is 20.7 Å². The lowest BCUT2D eigenvalue weighted by atomic mass is 10.1. The van der Waals surface area contributed by atoms with Gasteiger partial charge in [-0.1, -0.05) is 24.3 Å². The standard InChI is InChI=1S/C13H14N2O2.ClH/c14-13(15)12-6-5-11(17-12)10-3-1-9(2-4-10)7-8-16;/h1-6,16H,7-8H2,(H3,14,15);1H. The molecule has 96 valence electrons. The number of furan rings is 1. The number of aliphatic hydroxyl groups excluding tert-OH is 1. The van der Waals surface area contributed by atoms with Crippen LogP contribution in [0.2, 0.25) is 0 Å². The summed E-state index contributed by atoms with van der Waals surface area (Å²) >= 11 is 0. The van der Waals surface area contributed by atoms with Crippen LogP contribution in [0.1, 0.15) is 11.3 Å². The van der Waals surface area contributed by atoms with E-state index in [0.29, 0.717) is 17.9 Å². The fourth-order valence-electron chi connectivity index (χ4n) is 1.60. The van der Waals surface area contributed by atoms with Crippen LogP contribution in [0.3, 0.4) is 0 Å². The molecule has 4 nitrogen and oxygen atoms in total. The number of halogens is 1. The second-order valence-corrected chi connectivity index (χ2v) is 3.75. The van der Waals surface area contributed by atoms with Crippen LogP contribution >= 0.6 is 12.4 Å². The summed E-state index contributed by atoms with van der Waals surface area (Å²) in [4.78, 5) is 0.